The molecule has 0 saturated heterocycles. The average molecular weight is 349 g/mol. The van der Waals surface area contributed by atoms with Crippen LogP contribution in [0, 0.1) is 0 Å². The predicted molar refractivity (Wildman–Crippen MR) is 87.5 cm³/mol. The number of hydrogen-bond acceptors (Lipinski definition) is 3. The molecular formula is C16H17BrN2O2. The number of nitrogens with one attached hydrogen (secondary N) is 2. The van der Waals surface area contributed by atoms with E-state index >= 15 is 0 Å². The number of carbonyl (C=O) groups is 1. The van der Waals surface area contributed by atoms with E-state index in [0.717, 1.165) is 21.5 Å². The minimum atomic E-state index is -0.0686. The van der Waals surface area contributed by atoms with Gasteiger partial charge in [0.25, 0.3) is 0 Å². The van der Waals surface area contributed by atoms with E-state index in [4.69, 9.17) is 4.74 Å². The lowest BCUT2D eigenvalue weighted by Gasteiger charge is -2.10. The molecule has 0 saturated carbocycles. The first-order valence-electron chi connectivity index (χ1n) is 6.57. The van der Waals surface area contributed by atoms with Crippen LogP contribution in [-0.4, -0.2) is 19.6 Å². The number of amides is 1. The highest BCUT2D eigenvalue weighted by Gasteiger charge is 2.05. The molecule has 21 heavy (non-hydrogen) atoms. The molecule has 0 heterocycles. The Bertz CT molecular complexity index is 617. The van der Waals surface area contributed by atoms with Gasteiger partial charge in [-0.3, -0.25) is 4.79 Å². The first kappa shape index (κ1) is 15.4. The van der Waals surface area contributed by atoms with Crippen LogP contribution < -0.4 is 15.4 Å². The molecule has 2 aromatic rings. The van der Waals surface area contributed by atoms with Crippen molar-refractivity contribution in [1.82, 2.24) is 5.32 Å². The molecule has 1 amide bonds. The van der Waals surface area contributed by atoms with Gasteiger partial charge in [0.2, 0.25) is 5.91 Å². The predicted octanol–water partition coefficient (Wildman–Crippen LogP) is 3.19. The summed E-state index contributed by atoms with van der Waals surface area (Å²) < 4.78 is 6.22. The summed E-state index contributed by atoms with van der Waals surface area (Å²) in [5.74, 6) is 0.707. The van der Waals surface area contributed by atoms with Crippen molar-refractivity contribution in [3.05, 3.63) is 58.6 Å². The SMILES string of the molecule is COc1ccccc1CNC(=O)CNc1cccc(Br)c1. The second-order valence-electron chi connectivity index (χ2n) is 4.45. The van der Waals surface area contributed by atoms with Crippen molar-refractivity contribution in [3.63, 3.8) is 0 Å². The Hall–Kier alpha value is -2.01. The largest absolute Gasteiger partial charge is 0.496 e. The number of ether oxygens (including phenoxy) is 1. The molecule has 0 unspecified atom stereocenters. The maximum Gasteiger partial charge on any atom is 0.239 e. The van der Waals surface area contributed by atoms with Crippen molar-refractivity contribution in [2.75, 3.05) is 19.0 Å². The first-order valence-corrected chi connectivity index (χ1v) is 7.36. The fourth-order valence-corrected chi connectivity index (χ4v) is 2.29. The minimum absolute atomic E-state index is 0.0686. The second kappa shape index (κ2) is 7.69. The normalized spacial score (nSPS) is 10.0. The van der Waals surface area contributed by atoms with E-state index < -0.39 is 0 Å². The number of carbonyl (C=O) groups excluding carboxylic acids is 1. The standard InChI is InChI=1S/C16H17BrN2O2/c1-21-15-8-3-2-5-12(15)10-19-16(20)11-18-14-7-4-6-13(17)9-14/h2-9,18H,10-11H2,1H3,(H,19,20). The van der Waals surface area contributed by atoms with Crippen LogP contribution in [0.25, 0.3) is 0 Å². The van der Waals surface area contributed by atoms with Crippen LogP contribution in [0.2, 0.25) is 0 Å². The molecule has 0 bridgehead atoms. The molecule has 0 spiro atoms. The summed E-state index contributed by atoms with van der Waals surface area (Å²) in [4.78, 5) is 11.8. The number of benzene rings is 2. The van der Waals surface area contributed by atoms with E-state index in [0.29, 0.717) is 6.54 Å². The van der Waals surface area contributed by atoms with Crippen molar-refractivity contribution < 1.29 is 9.53 Å². The van der Waals surface area contributed by atoms with Gasteiger partial charge in [0.15, 0.2) is 0 Å². The molecule has 5 heteroatoms. The molecule has 2 aromatic carbocycles. The quantitative estimate of drug-likeness (QED) is 0.842. The topological polar surface area (TPSA) is 50.4 Å². The van der Waals surface area contributed by atoms with Crippen molar-refractivity contribution in [2.45, 2.75) is 6.54 Å². The Morgan fingerprint density at radius 3 is 2.76 bits per heavy atom. The smallest absolute Gasteiger partial charge is 0.239 e. The molecule has 2 N–H and O–H groups in total. The number of methoxy groups -OCH3 is 1. The van der Waals surface area contributed by atoms with Crippen LogP contribution in [0.3, 0.4) is 0 Å². The van der Waals surface area contributed by atoms with Gasteiger partial charge in [-0.1, -0.05) is 40.2 Å². The fraction of sp³-hybridized carbons (Fsp3) is 0.188. The van der Waals surface area contributed by atoms with Crippen LogP contribution >= 0.6 is 15.9 Å². The summed E-state index contributed by atoms with van der Waals surface area (Å²) in [5.41, 5.74) is 1.85. The minimum Gasteiger partial charge on any atom is -0.496 e. The van der Waals surface area contributed by atoms with E-state index in [-0.39, 0.29) is 12.5 Å². The summed E-state index contributed by atoms with van der Waals surface area (Å²) in [5, 5.41) is 5.94. The first-order chi connectivity index (χ1) is 10.2. The number of hydrogen-bond donors (Lipinski definition) is 2. The van der Waals surface area contributed by atoms with Gasteiger partial charge < -0.3 is 15.4 Å². The number of rotatable bonds is 6. The highest BCUT2D eigenvalue weighted by Crippen LogP contribution is 2.17. The molecule has 4 nitrogen and oxygen atoms in total. The van der Waals surface area contributed by atoms with Crippen LogP contribution in [0.4, 0.5) is 5.69 Å². The van der Waals surface area contributed by atoms with Crippen molar-refractivity contribution in [2.24, 2.45) is 0 Å². The number of halogens is 1. The van der Waals surface area contributed by atoms with E-state index in [1.54, 1.807) is 7.11 Å². The molecular weight excluding hydrogens is 332 g/mol. The zero-order valence-corrected chi connectivity index (χ0v) is 13.3. The molecule has 2 rings (SSSR count). The summed E-state index contributed by atoms with van der Waals surface area (Å²) in [7, 11) is 1.62. The van der Waals surface area contributed by atoms with Crippen LogP contribution in [0.5, 0.6) is 5.75 Å². The highest BCUT2D eigenvalue weighted by molar-refractivity contribution is 9.10. The molecule has 0 aliphatic heterocycles. The van der Waals surface area contributed by atoms with E-state index in [9.17, 15) is 4.79 Å². The van der Waals surface area contributed by atoms with Gasteiger partial charge in [0.05, 0.1) is 13.7 Å². The molecule has 0 atom stereocenters. The van der Waals surface area contributed by atoms with Gasteiger partial charge in [-0.15, -0.1) is 0 Å². The lowest BCUT2D eigenvalue weighted by molar-refractivity contribution is -0.119. The maximum absolute atomic E-state index is 11.8. The van der Waals surface area contributed by atoms with Crippen molar-refractivity contribution >= 4 is 27.5 Å². The Balaban J connectivity index is 1.82. The molecule has 0 aliphatic rings. The number of para-hydroxylation sites is 1. The monoisotopic (exact) mass is 348 g/mol. The van der Waals surface area contributed by atoms with Crippen LogP contribution in [-0.2, 0) is 11.3 Å². The summed E-state index contributed by atoms with van der Waals surface area (Å²) in [6.45, 7) is 0.675. The van der Waals surface area contributed by atoms with Crippen molar-refractivity contribution in [3.8, 4) is 5.75 Å². The summed E-state index contributed by atoms with van der Waals surface area (Å²) in [6, 6.07) is 15.3. The molecule has 0 aliphatic carbocycles. The van der Waals surface area contributed by atoms with Gasteiger partial charge >= 0.3 is 0 Å². The third kappa shape index (κ3) is 4.79. The van der Waals surface area contributed by atoms with Gasteiger partial charge in [-0.25, -0.2) is 0 Å². The van der Waals surface area contributed by atoms with Gasteiger partial charge in [-0.05, 0) is 24.3 Å². The summed E-state index contributed by atoms with van der Waals surface area (Å²) in [6.07, 6.45) is 0. The molecule has 0 fully saturated rings. The molecule has 110 valence electrons. The Morgan fingerprint density at radius 2 is 2.00 bits per heavy atom. The zero-order chi connectivity index (χ0) is 15.1. The lowest BCUT2D eigenvalue weighted by atomic mass is 10.2. The Kier molecular flexibility index (Phi) is 5.63. The fourth-order valence-electron chi connectivity index (χ4n) is 1.89. The Morgan fingerprint density at radius 1 is 1.19 bits per heavy atom. The maximum atomic E-state index is 11.8. The van der Waals surface area contributed by atoms with Crippen LogP contribution in [0.1, 0.15) is 5.56 Å². The van der Waals surface area contributed by atoms with Gasteiger partial charge in [0, 0.05) is 22.3 Å². The summed E-state index contributed by atoms with van der Waals surface area (Å²) >= 11 is 3.39. The zero-order valence-electron chi connectivity index (χ0n) is 11.7. The average Bonchev–Trinajstić information content (AvgIpc) is 2.51. The van der Waals surface area contributed by atoms with Crippen LogP contribution in [0.15, 0.2) is 53.0 Å². The van der Waals surface area contributed by atoms with Crippen molar-refractivity contribution in [1.29, 1.82) is 0 Å². The van der Waals surface area contributed by atoms with Gasteiger partial charge in [0.1, 0.15) is 5.75 Å². The lowest BCUT2D eigenvalue weighted by Crippen LogP contribution is -2.29. The number of anilines is 1. The third-order valence-corrected chi connectivity index (χ3v) is 3.44. The Labute approximate surface area is 132 Å². The molecule has 0 radical (unpaired) electrons. The molecule has 0 aromatic heterocycles. The van der Waals surface area contributed by atoms with E-state index in [1.165, 1.54) is 0 Å². The van der Waals surface area contributed by atoms with Gasteiger partial charge in [-0.2, -0.15) is 0 Å². The second-order valence-corrected chi connectivity index (χ2v) is 5.37. The van der Waals surface area contributed by atoms with E-state index in [1.807, 2.05) is 48.5 Å². The third-order valence-electron chi connectivity index (χ3n) is 2.95. The highest BCUT2D eigenvalue weighted by atomic mass is 79.9. The van der Waals surface area contributed by atoms with E-state index in [2.05, 4.69) is 26.6 Å².